The Morgan fingerprint density at radius 2 is 1.73 bits per heavy atom. The van der Waals surface area contributed by atoms with Gasteiger partial charge >= 0.3 is 13.6 Å². The van der Waals surface area contributed by atoms with E-state index in [4.69, 9.17) is 51.5 Å². The molecular formula is C5H7Cl4O5P. The van der Waals surface area contributed by atoms with Crippen LogP contribution in [-0.2, 0) is 18.4 Å². The third-order valence-corrected chi connectivity index (χ3v) is 5.14. The summed E-state index contributed by atoms with van der Waals surface area (Å²) in [5.74, 6) is -1.59. The highest BCUT2D eigenvalue weighted by molar-refractivity contribution is 7.62. The van der Waals surface area contributed by atoms with E-state index in [2.05, 4.69) is 9.05 Å². The number of hydrogen-bond acceptors (Lipinski definition) is 4. The minimum Gasteiger partial charge on any atom is -0.478 e. The zero-order chi connectivity index (χ0) is 12.5. The number of aliphatic carboxylic acids is 1. The lowest BCUT2D eigenvalue weighted by atomic mass is 10.4. The van der Waals surface area contributed by atoms with Gasteiger partial charge in [0.05, 0.1) is 0 Å². The van der Waals surface area contributed by atoms with Gasteiger partial charge in [0.25, 0.3) is 3.53 Å². The lowest BCUT2D eigenvalue weighted by Gasteiger charge is -2.27. The summed E-state index contributed by atoms with van der Waals surface area (Å²) in [5.41, 5.74) is 0. The molecule has 5 nitrogen and oxygen atoms in total. The maximum Gasteiger partial charge on any atom is 0.383 e. The van der Waals surface area contributed by atoms with Gasteiger partial charge in [-0.3, -0.25) is 9.09 Å². The molecule has 0 aliphatic rings. The molecule has 15 heavy (non-hydrogen) atoms. The van der Waals surface area contributed by atoms with E-state index in [1.165, 1.54) is 0 Å². The van der Waals surface area contributed by atoms with E-state index in [0.717, 1.165) is 14.0 Å². The molecule has 0 spiro atoms. The van der Waals surface area contributed by atoms with Crippen molar-refractivity contribution in [1.82, 2.24) is 0 Å². The summed E-state index contributed by atoms with van der Waals surface area (Å²) in [6.07, 6.45) is 0. The maximum absolute atomic E-state index is 11.7. The first-order chi connectivity index (χ1) is 6.46. The molecule has 0 fully saturated rings. The number of carboxylic acid groups (broad SMARTS) is 1. The van der Waals surface area contributed by atoms with Gasteiger partial charge in [-0.05, 0) is 6.92 Å². The number of rotatable bonds is 4. The largest absolute Gasteiger partial charge is 0.478 e. The fourth-order valence-electron chi connectivity index (χ4n) is 0.457. The third-order valence-electron chi connectivity index (χ3n) is 1.22. The molecule has 90 valence electrons. The van der Waals surface area contributed by atoms with Gasteiger partial charge in [-0.2, -0.15) is 0 Å². The Hall–Kier alpha value is 0.780. The molecule has 10 heteroatoms. The molecule has 0 aromatic rings. The van der Waals surface area contributed by atoms with Gasteiger partial charge < -0.3 is 9.63 Å². The first-order valence-electron chi connectivity index (χ1n) is 3.32. The fourth-order valence-corrected chi connectivity index (χ4v) is 2.58. The first-order valence-corrected chi connectivity index (χ1v) is 6.37. The highest BCUT2D eigenvalue weighted by atomic mass is 35.6. The van der Waals surface area contributed by atoms with E-state index < -0.39 is 22.2 Å². The number of hydrogen-bond donors (Lipinski definition) is 1. The predicted molar refractivity (Wildman–Crippen MR) is 57.9 cm³/mol. The fraction of sp³-hybridized carbons (Fsp3) is 0.800. The van der Waals surface area contributed by atoms with Gasteiger partial charge in [0.1, 0.15) is 0 Å². The standard InChI is InChI=1S/C5H7Cl4O5P/c1-4(6,3(10)11)14-15(12,13-2)5(7,8)9/h1-2H3,(H,10,11). The molecule has 0 bridgehead atoms. The van der Waals surface area contributed by atoms with Crippen LogP contribution in [0.25, 0.3) is 0 Å². The molecule has 1 N–H and O–H groups in total. The Morgan fingerprint density at radius 3 is 1.93 bits per heavy atom. The quantitative estimate of drug-likeness (QED) is 0.636. The van der Waals surface area contributed by atoms with Crippen molar-refractivity contribution >= 4 is 60.0 Å². The van der Waals surface area contributed by atoms with Gasteiger partial charge in [0, 0.05) is 7.11 Å². The zero-order valence-corrected chi connectivity index (χ0v) is 11.5. The summed E-state index contributed by atoms with van der Waals surface area (Å²) in [7, 11) is -3.33. The van der Waals surface area contributed by atoms with Crippen LogP contribution in [0.5, 0.6) is 0 Å². The van der Waals surface area contributed by atoms with Gasteiger partial charge in [0.15, 0.2) is 0 Å². The van der Waals surface area contributed by atoms with Crippen LogP contribution in [0, 0.1) is 0 Å². The van der Waals surface area contributed by atoms with E-state index in [0.29, 0.717) is 0 Å². The van der Waals surface area contributed by atoms with Crippen molar-refractivity contribution in [3.8, 4) is 0 Å². The lowest BCUT2D eigenvalue weighted by Crippen LogP contribution is -2.32. The molecule has 0 radical (unpaired) electrons. The Labute approximate surface area is 106 Å². The average molecular weight is 320 g/mol. The van der Waals surface area contributed by atoms with E-state index >= 15 is 0 Å². The molecular weight excluding hydrogens is 313 g/mol. The van der Waals surface area contributed by atoms with E-state index in [1.807, 2.05) is 0 Å². The normalized spacial score (nSPS) is 20.4. The van der Waals surface area contributed by atoms with Crippen LogP contribution < -0.4 is 0 Å². The van der Waals surface area contributed by atoms with Crippen molar-refractivity contribution in [3.05, 3.63) is 0 Å². The molecule has 0 aliphatic heterocycles. The second-order valence-electron chi connectivity index (χ2n) is 2.46. The molecule has 0 saturated carbocycles. The summed E-state index contributed by atoms with van der Waals surface area (Å²) >= 11 is 21.3. The van der Waals surface area contributed by atoms with E-state index in [1.54, 1.807) is 0 Å². The molecule has 0 heterocycles. The zero-order valence-electron chi connectivity index (χ0n) is 7.54. The Morgan fingerprint density at radius 1 is 1.33 bits per heavy atom. The smallest absolute Gasteiger partial charge is 0.383 e. The molecule has 2 atom stereocenters. The third kappa shape index (κ3) is 3.93. The Bertz CT molecular complexity index is 298. The van der Waals surface area contributed by atoms with Gasteiger partial charge in [-0.15, -0.1) is 0 Å². The van der Waals surface area contributed by atoms with Crippen molar-refractivity contribution in [2.45, 2.75) is 15.5 Å². The topological polar surface area (TPSA) is 72.8 Å². The summed E-state index contributed by atoms with van der Waals surface area (Å²) in [6.45, 7) is 0.930. The summed E-state index contributed by atoms with van der Waals surface area (Å²) in [6, 6.07) is 0. The van der Waals surface area contributed by atoms with Crippen LogP contribution in [0.15, 0.2) is 0 Å². The first kappa shape index (κ1) is 15.8. The van der Waals surface area contributed by atoms with Crippen LogP contribution in [0.2, 0.25) is 0 Å². The Kier molecular flexibility index (Phi) is 5.22. The summed E-state index contributed by atoms with van der Waals surface area (Å²) in [5, 5.41) is 6.29. The summed E-state index contributed by atoms with van der Waals surface area (Å²) in [4.78, 5) is 10.6. The highest BCUT2D eigenvalue weighted by Gasteiger charge is 2.52. The molecule has 0 rings (SSSR count). The molecule has 2 unspecified atom stereocenters. The van der Waals surface area contributed by atoms with Crippen LogP contribution in [0.1, 0.15) is 6.92 Å². The van der Waals surface area contributed by atoms with Crippen LogP contribution in [-0.4, -0.2) is 26.8 Å². The van der Waals surface area contributed by atoms with Crippen molar-refractivity contribution in [3.63, 3.8) is 0 Å². The van der Waals surface area contributed by atoms with Gasteiger partial charge in [0.2, 0.25) is 5.06 Å². The molecule has 0 aliphatic carbocycles. The maximum atomic E-state index is 11.7. The average Bonchev–Trinajstić information content (AvgIpc) is 2.01. The number of carbonyl (C=O) groups is 1. The van der Waals surface area contributed by atoms with Gasteiger partial charge in [-0.1, -0.05) is 46.4 Å². The van der Waals surface area contributed by atoms with Crippen molar-refractivity contribution in [1.29, 1.82) is 0 Å². The lowest BCUT2D eigenvalue weighted by molar-refractivity contribution is -0.147. The van der Waals surface area contributed by atoms with Crippen molar-refractivity contribution in [2.75, 3.05) is 7.11 Å². The van der Waals surface area contributed by atoms with Crippen LogP contribution in [0.4, 0.5) is 0 Å². The molecule has 0 saturated heterocycles. The number of halogens is 4. The summed E-state index contributed by atoms with van der Waals surface area (Å²) < 4.78 is 18.2. The van der Waals surface area contributed by atoms with E-state index in [-0.39, 0.29) is 0 Å². The van der Waals surface area contributed by atoms with Crippen LogP contribution in [0.3, 0.4) is 0 Å². The minimum absolute atomic E-state index is 0.930. The van der Waals surface area contributed by atoms with Crippen LogP contribution >= 0.6 is 54.0 Å². The Balaban J connectivity index is 5.06. The van der Waals surface area contributed by atoms with Gasteiger partial charge in [-0.25, -0.2) is 4.79 Å². The van der Waals surface area contributed by atoms with E-state index in [9.17, 15) is 9.36 Å². The number of carboxylic acids is 1. The highest BCUT2D eigenvalue weighted by Crippen LogP contribution is 2.68. The number of alkyl halides is 4. The second-order valence-corrected chi connectivity index (χ2v) is 8.47. The second kappa shape index (κ2) is 4.96. The SMILES string of the molecule is COP(=O)(OC(C)(Cl)C(=O)O)C(Cl)(Cl)Cl. The van der Waals surface area contributed by atoms with Crippen molar-refractivity contribution < 1.29 is 23.5 Å². The van der Waals surface area contributed by atoms with Crippen molar-refractivity contribution in [2.24, 2.45) is 0 Å². The predicted octanol–water partition coefficient (Wildman–Crippen LogP) is 3.21. The monoisotopic (exact) mass is 318 g/mol. The molecule has 0 amide bonds. The molecule has 0 aromatic carbocycles. The minimum atomic E-state index is -4.28. The molecule has 0 aromatic heterocycles.